The third-order valence-corrected chi connectivity index (χ3v) is 3.61. The molecule has 0 aliphatic heterocycles. The Balaban J connectivity index is 3.03. The van der Waals surface area contributed by atoms with Crippen LogP contribution in [0.4, 0.5) is 9.59 Å². The highest BCUT2D eigenvalue weighted by Gasteiger charge is 2.24. The number of hydrogen-bond acceptors (Lipinski definition) is 5. The van der Waals surface area contributed by atoms with Crippen LogP contribution in [0, 0.1) is 3.57 Å². The maximum absolute atomic E-state index is 11.6. The first-order chi connectivity index (χ1) is 9.04. The fourth-order valence-corrected chi connectivity index (χ4v) is 2.18. The minimum atomic E-state index is -0.773. The average molecular weight is 379 g/mol. The van der Waals surface area contributed by atoms with Crippen LogP contribution < -0.4 is 4.74 Å². The highest BCUT2D eigenvalue weighted by atomic mass is 127. The lowest BCUT2D eigenvalue weighted by molar-refractivity contribution is 0.0959. The number of ether oxygens (including phenoxy) is 3. The molecule has 0 fully saturated rings. The van der Waals surface area contributed by atoms with Gasteiger partial charge in [0.15, 0.2) is 0 Å². The summed E-state index contributed by atoms with van der Waals surface area (Å²) in [5.74, 6) is 0.674. The minimum Gasteiger partial charge on any atom is -0.496 e. The van der Waals surface area contributed by atoms with E-state index in [-0.39, 0.29) is 6.54 Å². The van der Waals surface area contributed by atoms with Gasteiger partial charge in [0.2, 0.25) is 0 Å². The lowest BCUT2D eigenvalue weighted by Gasteiger charge is -2.19. The van der Waals surface area contributed by atoms with Crippen molar-refractivity contribution in [1.29, 1.82) is 0 Å². The van der Waals surface area contributed by atoms with Gasteiger partial charge in [-0.15, -0.1) is 0 Å². The Kier molecular flexibility index (Phi) is 5.87. The SMILES string of the molecule is COC(=O)N(Cc1cccc(OC)c1I)C(=O)OC. The molecule has 0 unspecified atom stereocenters. The van der Waals surface area contributed by atoms with Crippen molar-refractivity contribution in [3.05, 3.63) is 27.3 Å². The molecule has 0 saturated carbocycles. The molecule has 0 bridgehead atoms. The molecule has 0 atom stereocenters. The number of imide groups is 1. The van der Waals surface area contributed by atoms with Crippen LogP contribution in [-0.4, -0.2) is 38.4 Å². The first-order valence-corrected chi connectivity index (χ1v) is 6.37. The summed E-state index contributed by atoms with van der Waals surface area (Å²) in [6.45, 7) is 0.0504. The van der Waals surface area contributed by atoms with Crippen LogP contribution in [0.25, 0.3) is 0 Å². The molecule has 0 saturated heterocycles. The number of hydrogen-bond donors (Lipinski definition) is 0. The predicted molar refractivity (Wildman–Crippen MR) is 76.1 cm³/mol. The molecule has 0 aliphatic carbocycles. The van der Waals surface area contributed by atoms with E-state index >= 15 is 0 Å². The molecular weight excluding hydrogens is 365 g/mol. The third kappa shape index (κ3) is 3.72. The summed E-state index contributed by atoms with van der Waals surface area (Å²) in [7, 11) is 3.96. The fourth-order valence-electron chi connectivity index (χ4n) is 1.43. The van der Waals surface area contributed by atoms with E-state index in [1.807, 2.05) is 0 Å². The lowest BCUT2D eigenvalue weighted by atomic mass is 10.2. The second kappa shape index (κ2) is 7.17. The van der Waals surface area contributed by atoms with Crippen molar-refractivity contribution in [3.63, 3.8) is 0 Å². The molecule has 6 nitrogen and oxygen atoms in total. The van der Waals surface area contributed by atoms with Crippen LogP contribution in [0.1, 0.15) is 5.56 Å². The summed E-state index contributed by atoms with van der Waals surface area (Å²) in [5.41, 5.74) is 0.760. The molecule has 7 heteroatoms. The third-order valence-electron chi connectivity index (χ3n) is 2.38. The van der Waals surface area contributed by atoms with E-state index in [0.29, 0.717) is 5.75 Å². The Morgan fingerprint density at radius 2 is 1.74 bits per heavy atom. The zero-order valence-corrected chi connectivity index (χ0v) is 13.0. The summed E-state index contributed by atoms with van der Waals surface area (Å²) < 4.78 is 15.1. The maximum Gasteiger partial charge on any atom is 0.419 e. The number of nitrogens with zero attached hydrogens (tertiary/aromatic N) is 1. The topological polar surface area (TPSA) is 65.1 Å². The Bertz CT molecular complexity index is 461. The van der Waals surface area contributed by atoms with Crippen LogP contribution in [-0.2, 0) is 16.0 Å². The molecule has 1 aromatic rings. The molecule has 0 N–H and O–H groups in total. The first kappa shape index (κ1) is 15.5. The van der Waals surface area contributed by atoms with Crippen molar-refractivity contribution in [2.45, 2.75) is 6.54 Å². The summed E-state index contributed by atoms with van der Waals surface area (Å²) >= 11 is 2.09. The molecule has 0 radical (unpaired) electrons. The molecule has 1 aromatic carbocycles. The largest absolute Gasteiger partial charge is 0.496 e. The van der Waals surface area contributed by atoms with Crippen molar-refractivity contribution >= 4 is 34.8 Å². The van der Waals surface area contributed by atoms with Gasteiger partial charge in [0.1, 0.15) is 5.75 Å². The lowest BCUT2D eigenvalue weighted by Crippen LogP contribution is -2.36. The highest BCUT2D eigenvalue weighted by Crippen LogP contribution is 2.25. The molecule has 0 heterocycles. The van der Waals surface area contributed by atoms with Crippen molar-refractivity contribution in [2.75, 3.05) is 21.3 Å². The second-order valence-corrected chi connectivity index (χ2v) is 4.54. The zero-order valence-electron chi connectivity index (χ0n) is 10.8. The van der Waals surface area contributed by atoms with Gasteiger partial charge in [-0.1, -0.05) is 12.1 Å². The number of carbonyl (C=O) groups is 2. The van der Waals surface area contributed by atoms with Gasteiger partial charge in [-0.3, -0.25) is 0 Å². The Hall–Kier alpha value is -1.51. The van der Waals surface area contributed by atoms with Gasteiger partial charge in [0, 0.05) is 0 Å². The van der Waals surface area contributed by atoms with Gasteiger partial charge < -0.3 is 14.2 Å². The summed E-state index contributed by atoms with van der Waals surface area (Å²) in [5, 5.41) is 0. The normalized spacial score (nSPS) is 9.68. The number of halogens is 1. The number of benzene rings is 1. The zero-order chi connectivity index (χ0) is 14.4. The molecule has 0 aliphatic rings. The summed E-state index contributed by atoms with van der Waals surface area (Å²) in [4.78, 5) is 24.0. The van der Waals surface area contributed by atoms with Gasteiger partial charge >= 0.3 is 12.2 Å². The standard InChI is InChI=1S/C12H14INO5/c1-17-9-6-4-5-8(10(9)13)7-14(11(15)18-2)12(16)19-3/h4-6H,7H2,1-3H3. The van der Waals surface area contributed by atoms with Crippen LogP contribution in [0.5, 0.6) is 5.75 Å². The Morgan fingerprint density at radius 3 is 2.21 bits per heavy atom. The van der Waals surface area contributed by atoms with Crippen LogP contribution >= 0.6 is 22.6 Å². The molecule has 0 spiro atoms. The molecule has 19 heavy (non-hydrogen) atoms. The monoisotopic (exact) mass is 379 g/mol. The molecule has 1 rings (SSSR count). The number of amides is 2. The van der Waals surface area contributed by atoms with Crippen molar-refractivity contribution in [1.82, 2.24) is 4.90 Å². The van der Waals surface area contributed by atoms with Crippen molar-refractivity contribution < 1.29 is 23.8 Å². The summed E-state index contributed by atoms with van der Waals surface area (Å²) in [6, 6.07) is 5.37. The van der Waals surface area contributed by atoms with Gasteiger partial charge in [0.05, 0.1) is 31.4 Å². The Labute approximate surface area is 124 Å². The quantitative estimate of drug-likeness (QED) is 0.756. The van der Waals surface area contributed by atoms with E-state index < -0.39 is 12.2 Å². The Morgan fingerprint density at radius 1 is 1.16 bits per heavy atom. The number of methoxy groups -OCH3 is 3. The maximum atomic E-state index is 11.6. The van der Waals surface area contributed by atoms with Crippen LogP contribution in [0.3, 0.4) is 0 Å². The van der Waals surface area contributed by atoms with E-state index in [2.05, 4.69) is 32.1 Å². The average Bonchev–Trinajstić information content (AvgIpc) is 2.44. The van der Waals surface area contributed by atoms with Crippen LogP contribution in [0.2, 0.25) is 0 Å². The highest BCUT2D eigenvalue weighted by molar-refractivity contribution is 14.1. The van der Waals surface area contributed by atoms with Crippen molar-refractivity contribution in [3.8, 4) is 5.75 Å². The molecule has 104 valence electrons. The van der Waals surface area contributed by atoms with Gasteiger partial charge in [0.25, 0.3) is 0 Å². The van der Waals surface area contributed by atoms with Gasteiger partial charge in [-0.25, -0.2) is 14.5 Å². The van der Waals surface area contributed by atoms with E-state index in [0.717, 1.165) is 14.0 Å². The van der Waals surface area contributed by atoms with Gasteiger partial charge in [-0.2, -0.15) is 0 Å². The molecule has 0 aromatic heterocycles. The minimum absolute atomic E-state index is 0.0504. The molecule has 2 amide bonds. The molecular formula is C12H14INO5. The summed E-state index contributed by atoms with van der Waals surface area (Å²) in [6.07, 6.45) is -1.55. The van der Waals surface area contributed by atoms with Crippen LogP contribution in [0.15, 0.2) is 18.2 Å². The van der Waals surface area contributed by atoms with E-state index in [4.69, 9.17) is 4.74 Å². The van der Waals surface area contributed by atoms with E-state index in [9.17, 15) is 9.59 Å². The van der Waals surface area contributed by atoms with E-state index in [1.54, 1.807) is 25.3 Å². The predicted octanol–water partition coefficient (Wildman–Crippen LogP) is 2.63. The van der Waals surface area contributed by atoms with Crippen molar-refractivity contribution in [2.24, 2.45) is 0 Å². The smallest absolute Gasteiger partial charge is 0.419 e. The number of rotatable bonds is 3. The first-order valence-electron chi connectivity index (χ1n) is 5.30. The number of carbonyl (C=O) groups excluding carboxylic acids is 2. The second-order valence-electron chi connectivity index (χ2n) is 3.46. The fraction of sp³-hybridized carbons (Fsp3) is 0.333. The van der Waals surface area contributed by atoms with Gasteiger partial charge in [-0.05, 0) is 34.2 Å². The van der Waals surface area contributed by atoms with E-state index in [1.165, 1.54) is 14.2 Å².